The molecule has 1 rings (SSSR count). The molecular formula is C14H33N3. The molecule has 0 saturated heterocycles. The normalized spacial score (nSPS) is 9.65. The smallest absolute Gasteiger partial charge is 0.0948 e. The maximum absolute atomic E-state index is 3.96. The SMILES string of the molecule is CC.CC.CCC.CNCC(C)n1ccnc1. The van der Waals surface area contributed by atoms with Crippen molar-refractivity contribution in [3.05, 3.63) is 18.7 Å². The Morgan fingerprint density at radius 2 is 1.65 bits per heavy atom. The van der Waals surface area contributed by atoms with E-state index in [1.54, 1.807) is 6.20 Å². The second-order valence-electron chi connectivity index (χ2n) is 3.12. The zero-order valence-corrected chi connectivity index (χ0v) is 13.1. The van der Waals surface area contributed by atoms with Gasteiger partial charge in [0.2, 0.25) is 0 Å². The van der Waals surface area contributed by atoms with E-state index in [-0.39, 0.29) is 0 Å². The fraction of sp³-hybridized carbons (Fsp3) is 0.786. The van der Waals surface area contributed by atoms with E-state index in [9.17, 15) is 0 Å². The predicted octanol–water partition coefficient (Wildman–Crippen LogP) is 4.13. The van der Waals surface area contributed by atoms with Crippen LogP contribution < -0.4 is 5.32 Å². The van der Waals surface area contributed by atoms with Crippen molar-refractivity contribution >= 4 is 0 Å². The number of nitrogens with one attached hydrogen (secondary N) is 1. The van der Waals surface area contributed by atoms with E-state index in [1.807, 2.05) is 47.3 Å². The summed E-state index contributed by atoms with van der Waals surface area (Å²) in [4.78, 5) is 3.96. The van der Waals surface area contributed by atoms with E-state index >= 15 is 0 Å². The van der Waals surface area contributed by atoms with Crippen LogP contribution in [0, 0.1) is 0 Å². The van der Waals surface area contributed by atoms with Gasteiger partial charge >= 0.3 is 0 Å². The van der Waals surface area contributed by atoms with E-state index in [4.69, 9.17) is 0 Å². The molecule has 0 aliphatic carbocycles. The van der Waals surface area contributed by atoms with Crippen LogP contribution in [0.25, 0.3) is 0 Å². The number of hydrogen-bond acceptors (Lipinski definition) is 2. The zero-order valence-electron chi connectivity index (χ0n) is 13.1. The Hall–Kier alpha value is -0.830. The summed E-state index contributed by atoms with van der Waals surface area (Å²) >= 11 is 0. The molecule has 1 N–H and O–H groups in total. The summed E-state index contributed by atoms with van der Waals surface area (Å²) in [5, 5.41) is 3.11. The van der Waals surface area contributed by atoms with E-state index < -0.39 is 0 Å². The standard InChI is InChI=1S/C7H13N3.C3H8.2C2H6/c1-7(5-8-2)10-4-3-9-6-10;1-3-2;2*1-2/h3-4,6-8H,5H2,1-2H3;3H2,1-2H3;2*1-2H3. The molecule has 0 amide bonds. The molecule has 1 unspecified atom stereocenters. The van der Waals surface area contributed by atoms with Crippen molar-refractivity contribution in [3.8, 4) is 0 Å². The van der Waals surface area contributed by atoms with Crippen LogP contribution in [0.3, 0.4) is 0 Å². The molecular weight excluding hydrogens is 210 g/mol. The highest BCUT2D eigenvalue weighted by molar-refractivity contribution is 4.78. The summed E-state index contributed by atoms with van der Waals surface area (Å²) in [5.74, 6) is 0. The molecule has 0 spiro atoms. The number of imidazole rings is 1. The van der Waals surface area contributed by atoms with Crippen LogP contribution in [-0.4, -0.2) is 23.1 Å². The van der Waals surface area contributed by atoms with Crippen LogP contribution in [0.2, 0.25) is 0 Å². The lowest BCUT2D eigenvalue weighted by Crippen LogP contribution is -2.18. The first kappa shape index (κ1) is 21.5. The first-order valence-electron chi connectivity index (χ1n) is 6.88. The number of aromatic nitrogens is 2. The van der Waals surface area contributed by atoms with Gasteiger partial charge in [-0.1, -0.05) is 48.0 Å². The average Bonchev–Trinajstić information content (AvgIpc) is 2.89. The molecule has 0 fully saturated rings. The van der Waals surface area contributed by atoms with Crippen molar-refractivity contribution < 1.29 is 0 Å². The van der Waals surface area contributed by atoms with Gasteiger partial charge < -0.3 is 9.88 Å². The minimum Gasteiger partial charge on any atom is -0.333 e. The van der Waals surface area contributed by atoms with Crippen LogP contribution in [0.1, 0.15) is 60.9 Å². The van der Waals surface area contributed by atoms with Crippen LogP contribution >= 0.6 is 0 Å². The largest absolute Gasteiger partial charge is 0.333 e. The number of nitrogens with zero attached hydrogens (tertiary/aromatic N) is 2. The summed E-state index contributed by atoms with van der Waals surface area (Å²) in [6.07, 6.45) is 6.86. The number of rotatable bonds is 3. The second kappa shape index (κ2) is 20.6. The Morgan fingerprint density at radius 3 is 1.94 bits per heavy atom. The quantitative estimate of drug-likeness (QED) is 0.865. The van der Waals surface area contributed by atoms with Crippen molar-refractivity contribution in [2.45, 2.75) is 60.9 Å². The van der Waals surface area contributed by atoms with Gasteiger partial charge in [-0.05, 0) is 14.0 Å². The average molecular weight is 243 g/mol. The molecule has 0 bridgehead atoms. The van der Waals surface area contributed by atoms with Crippen molar-refractivity contribution in [1.29, 1.82) is 0 Å². The van der Waals surface area contributed by atoms with Gasteiger partial charge in [0.15, 0.2) is 0 Å². The molecule has 0 saturated carbocycles. The van der Waals surface area contributed by atoms with E-state index in [0.29, 0.717) is 6.04 Å². The van der Waals surface area contributed by atoms with Gasteiger partial charge in [-0.15, -0.1) is 0 Å². The van der Waals surface area contributed by atoms with Crippen LogP contribution in [0.15, 0.2) is 18.7 Å². The monoisotopic (exact) mass is 243 g/mol. The van der Waals surface area contributed by atoms with Crippen LogP contribution in [0.5, 0.6) is 0 Å². The molecule has 0 aromatic carbocycles. The molecule has 0 radical (unpaired) electrons. The van der Waals surface area contributed by atoms with Crippen molar-refractivity contribution in [3.63, 3.8) is 0 Å². The fourth-order valence-corrected chi connectivity index (χ4v) is 0.931. The minimum absolute atomic E-state index is 0.493. The first-order chi connectivity index (χ1) is 8.26. The molecule has 1 heterocycles. The summed E-state index contributed by atoms with van der Waals surface area (Å²) in [5.41, 5.74) is 0. The van der Waals surface area contributed by atoms with E-state index in [0.717, 1.165) is 6.54 Å². The summed E-state index contributed by atoms with van der Waals surface area (Å²) in [6.45, 7) is 15.4. The molecule has 104 valence electrons. The molecule has 1 atom stereocenters. The Labute approximate surface area is 109 Å². The van der Waals surface area contributed by atoms with Crippen LogP contribution in [0.4, 0.5) is 0 Å². The maximum Gasteiger partial charge on any atom is 0.0948 e. The first-order valence-corrected chi connectivity index (χ1v) is 6.88. The Bertz CT molecular complexity index is 183. The van der Waals surface area contributed by atoms with Crippen molar-refractivity contribution in [1.82, 2.24) is 14.9 Å². The lowest BCUT2D eigenvalue weighted by Gasteiger charge is -2.10. The second-order valence-corrected chi connectivity index (χ2v) is 3.12. The highest BCUT2D eigenvalue weighted by Crippen LogP contribution is 2.00. The fourth-order valence-electron chi connectivity index (χ4n) is 0.931. The summed E-state index contributed by atoms with van der Waals surface area (Å²) < 4.78 is 2.08. The lowest BCUT2D eigenvalue weighted by molar-refractivity contribution is 0.517. The van der Waals surface area contributed by atoms with E-state index in [1.165, 1.54) is 6.42 Å². The molecule has 1 aromatic rings. The topological polar surface area (TPSA) is 29.9 Å². The van der Waals surface area contributed by atoms with Gasteiger partial charge in [-0.3, -0.25) is 0 Å². The number of hydrogen-bond donors (Lipinski definition) is 1. The molecule has 0 aliphatic rings. The Kier molecular flexibility index (Phi) is 26.0. The molecule has 1 aromatic heterocycles. The van der Waals surface area contributed by atoms with Crippen molar-refractivity contribution in [2.75, 3.05) is 13.6 Å². The van der Waals surface area contributed by atoms with Crippen LogP contribution in [-0.2, 0) is 0 Å². The Balaban J connectivity index is -0.000000239. The zero-order chi connectivity index (χ0) is 14.1. The number of likely N-dealkylation sites (N-methyl/N-ethyl adjacent to an activating group) is 1. The molecule has 3 nitrogen and oxygen atoms in total. The van der Waals surface area contributed by atoms with Gasteiger partial charge in [0, 0.05) is 25.0 Å². The predicted molar refractivity (Wildman–Crippen MR) is 79.5 cm³/mol. The minimum atomic E-state index is 0.493. The highest BCUT2D eigenvalue weighted by Gasteiger charge is 1.99. The third-order valence-corrected chi connectivity index (χ3v) is 1.53. The third-order valence-electron chi connectivity index (χ3n) is 1.53. The highest BCUT2D eigenvalue weighted by atomic mass is 15.1. The Morgan fingerprint density at radius 1 is 1.18 bits per heavy atom. The molecule has 0 aliphatic heterocycles. The van der Waals surface area contributed by atoms with E-state index in [2.05, 4.69) is 35.6 Å². The van der Waals surface area contributed by atoms with Gasteiger partial charge in [-0.25, -0.2) is 4.98 Å². The van der Waals surface area contributed by atoms with Gasteiger partial charge in [0.1, 0.15) is 0 Å². The summed E-state index contributed by atoms with van der Waals surface area (Å²) in [6, 6.07) is 0.493. The maximum atomic E-state index is 3.96. The lowest BCUT2D eigenvalue weighted by atomic mass is 10.3. The van der Waals surface area contributed by atoms with Gasteiger partial charge in [0.05, 0.1) is 6.33 Å². The third kappa shape index (κ3) is 15.2. The van der Waals surface area contributed by atoms with Gasteiger partial charge in [0.25, 0.3) is 0 Å². The molecule has 17 heavy (non-hydrogen) atoms. The van der Waals surface area contributed by atoms with Crippen molar-refractivity contribution in [2.24, 2.45) is 0 Å². The van der Waals surface area contributed by atoms with Gasteiger partial charge in [-0.2, -0.15) is 0 Å². The summed E-state index contributed by atoms with van der Waals surface area (Å²) in [7, 11) is 1.95. The molecule has 3 heteroatoms.